The number of rotatable bonds is 14. The molecule has 1 fully saturated rings. The quantitative estimate of drug-likeness (QED) is 0.247. The lowest BCUT2D eigenvalue weighted by molar-refractivity contribution is -0.0690. The standard InChI is InChI=1S/C33H39N3O10S2/c1-20(2)14-35(48(40,41)25-8-9-30-31(13-25)46-19-45-30)15-29(37)27(36(33(38)39)28-17-44-32-26(28)10-11-42-32)12-22-4-6-24(7-5-22)43-16-23-18-47-21(3)34-23/h4-11,13,18,20,26-29,32,37H,12,14-17,19H2,1-3H3,(H,38,39)/t26-,27-,28-,29+,32-/m0/s1/i4D,6D,12D2,15D2,27D,29D. The van der Waals surface area contributed by atoms with Gasteiger partial charge in [-0.3, -0.25) is 4.90 Å². The van der Waals surface area contributed by atoms with Crippen molar-refractivity contribution in [1.82, 2.24) is 14.2 Å². The van der Waals surface area contributed by atoms with Gasteiger partial charge in [-0.05, 0) is 55.1 Å². The van der Waals surface area contributed by atoms with E-state index in [1.165, 1.54) is 43.6 Å². The van der Waals surface area contributed by atoms with Crippen molar-refractivity contribution in [1.29, 1.82) is 0 Å². The molecule has 0 bridgehead atoms. The van der Waals surface area contributed by atoms with E-state index in [9.17, 15) is 31.6 Å². The molecule has 6 rings (SSSR count). The third-order valence-corrected chi connectivity index (χ3v) is 9.91. The summed E-state index contributed by atoms with van der Waals surface area (Å²) in [6, 6.07) is -2.06. The van der Waals surface area contributed by atoms with Gasteiger partial charge in [0.2, 0.25) is 23.1 Å². The molecule has 5 atom stereocenters. The molecular formula is C33H39N3O10S2. The number of benzene rings is 2. The fraction of sp³-hybridized carbons (Fsp3) is 0.455. The van der Waals surface area contributed by atoms with E-state index in [1.807, 2.05) is 0 Å². The van der Waals surface area contributed by atoms with Crippen LogP contribution in [0.15, 0.2) is 65.0 Å². The Morgan fingerprint density at radius 2 is 2.06 bits per heavy atom. The van der Waals surface area contributed by atoms with Gasteiger partial charge < -0.3 is 33.9 Å². The monoisotopic (exact) mass is 709 g/mol. The number of carboxylic acid groups (broad SMARTS) is 1. The molecule has 1 saturated heterocycles. The molecule has 0 radical (unpaired) electrons. The second-order valence-electron chi connectivity index (χ2n) is 11.4. The Morgan fingerprint density at radius 1 is 1.25 bits per heavy atom. The number of amides is 1. The van der Waals surface area contributed by atoms with Crippen LogP contribution in [0.4, 0.5) is 4.79 Å². The first-order chi connectivity index (χ1) is 26.1. The summed E-state index contributed by atoms with van der Waals surface area (Å²) in [6.45, 7) is -0.946. The van der Waals surface area contributed by atoms with Crippen molar-refractivity contribution in [2.45, 2.75) is 63.1 Å². The Kier molecular flexibility index (Phi) is 7.49. The van der Waals surface area contributed by atoms with Gasteiger partial charge in [-0.2, -0.15) is 4.31 Å². The van der Waals surface area contributed by atoms with Crippen molar-refractivity contribution in [3.05, 3.63) is 76.4 Å². The zero-order chi connectivity index (χ0) is 41.2. The van der Waals surface area contributed by atoms with Gasteiger partial charge in [-0.1, -0.05) is 26.0 Å². The molecule has 1 aromatic heterocycles. The topological polar surface area (TPSA) is 157 Å². The van der Waals surface area contributed by atoms with Gasteiger partial charge in [0.15, 0.2) is 11.5 Å². The molecule has 0 saturated carbocycles. The third-order valence-electron chi connectivity index (χ3n) is 7.42. The molecule has 4 heterocycles. The minimum Gasteiger partial charge on any atom is -0.487 e. The number of aryl methyl sites for hydroxylation is 1. The van der Waals surface area contributed by atoms with Crippen LogP contribution in [0.5, 0.6) is 17.2 Å². The maximum atomic E-state index is 14.4. The van der Waals surface area contributed by atoms with E-state index in [0.29, 0.717) is 5.69 Å². The Morgan fingerprint density at radius 3 is 2.81 bits per heavy atom. The molecule has 2 aromatic carbocycles. The highest BCUT2D eigenvalue weighted by Gasteiger charge is 2.48. The minimum absolute atomic E-state index is 0.00795. The fourth-order valence-electron chi connectivity index (χ4n) is 5.20. The molecule has 0 aliphatic carbocycles. The summed E-state index contributed by atoms with van der Waals surface area (Å²) < 4.78 is 130. The first kappa shape index (κ1) is 25.1. The van der Waals surface area contributed by atoms with Gasteiger partial charge in [0.1, 0.15) is 12.4 Å². The lowest BCUT2D eigenvalue weighted by atomic mass is 9.94. The summed E-state index contributed by atoms with van der Waals surface area (Å²) in [5.74, 6) is -1.81. The SMILES string of the molecule is [2H]c1c(OCc2csc(C)n2)ccc(C([2H])([2H])[C@]([2H])(N(C(=O)O)[C@H]2CO[C@@H]3OC=C[C@H]32)[C@]([2H])(O)C([2H])([2H])N(CC(C)C)S(=O)(=O)c2ccc3c(c2)OCO3)c1[2H]. The number of ether oxygens (including phenoxy) is 5. The van der Waals surface area contributed by atoms with Crippen LogP contribution in [0.2, 0.25) is 0 Å². The van der Waals surface area contributed by atoms with E-state index in [4.69, 9.17) is 26.4 Å². The molecular weight excluding hydrogens is 663 g/mol. The van der Waals surface area contributed by atoms with E-state index in [2.05, 4.69) is 4.98 Å². The fourth-order valence-corrected chi connectivity index (χ4v) is 7.25. The van der Waals surface area contributed by atoms with Gasteiger partial charge in [0.05, 0.1) is 58.0 Å². The van der Waals surface area contributed by atoms with Crippen LogP contribution in [0.3, 0.4) is 0 Å². The summed E-state index contributed by atoms with van der Waals surface area (Å²) in [5.41, 5.74) is -0.407. The number of hydrogen-bond donors (Lipinski definition) is 2. The van der Waals surface area contributed by atoms with E-state index < -0.39 is 101 Å². The third kappa shape index (κ3) is 7.39. The Hall–Kier alpha value is -3.89. The summed E-state index contributed by atoms with van der Waals surface area (Å²) >= 11 is 1.35. The number of carbonyl (C=O) groups is 1. The van der Waals surface area contributed by atoms with Gasteiger partial charge in [0.25, 0.3) is 0 Å². The number of thiazole rings is 1. The highest BCUT2D eigenvalue weighted by atomic mass is 32.2. The molecule has 48 heavy (non-hydrogen) atoms. The molecule has 258 valence electrons. The lowest BCUT2D eigenvalue weighted by Crippen LogP contribution is -2.57. The highest BCUT2D eigenvalue weighted by Crippen LogP contribution is 2.36. The number of fused-ring (bicyclic) bond motifs is 2. The second kappa shape index (κ2) is 14.3. The second-order valence-corrected chi connectivity index (χ2v) is 14.3. The van der Waals surface area contributed by atoms with Crippen LogP contribution < -0.4 is 14.2 Å². The summed E-state index contributed by atoms with van der Waals surface area (Å²) in [5, 5.41) is 25.7. The largest absolute Gasteiger partial charge is 0.487 e. The average molecular weight is 710 g/mol. The van der Waals surface area contributed by atoms with E-state index >= 15 is 0 Å². The molecule has 13 nitrogen and oxygen atoms in total. The normalized spacial score (nSPS) is 25.2. The van der Waals surface area contributed by atoms with E-state index in [1.54, 1.807) is 12.3 Å². The summed E-state index contributed by atoms with van der Waals surface area (Å²) in [7, 11) is -5.13. The molecule has 0 unspecified atom stereocenters. The minimum atomic E-state index is -5.13. The number of hydrogen-bond acceptors (Lipinski definition) is 11. The van der Waals surface area contributed by atoms with Crippen LogP contribution in [0, 0.1) is 18.8 Å². The maximum Gasteiger partial charge on any atom is 0.408 e. The molecule has 1 amide bonds. The molecule has 3 aromatic rings. The lowest BCUT2D eigenvalue weighted by Gasteiger charge is -2.39. The average Bonchev–Trinajstić information content (AvgIpc) is 3.93. The van der Waals surface area contributed by atoms with Crippen molar-refractivity contribution in [2.24, 2.45) is 11.8 Å². The molecule has 3 aliphatic heterocycles. The van der Waals surface area contributed by atoms with Crippen LogP contribution in [0.25, 0.3) is 0 Å². The zero-order valence-electron chi connectivity index (χ0n) is 34.1. The number of aromatic nitrogens is 1. The van der Waals surface area contributed by atoms with Crippen LogP contribution >= 0.6 is 11.3 Å². The predicted octanol–water partition coefficient (Wildman–Crippen LogP) is 4.24. The highest BCUT2D eigenvalue weighted by molar-refractivity contribution is 7.89. The molecule has 15 heteroatoms. The Labute approximate surface area is 294 Å². The molecule has 0 spiro atoms. The van der Waals surface area contributed by atoms with Crippen molar-refractivity contribution in [3.63, 3.8) is 0 Å². The van der Waals surface area contributed by atoms with Gasteiger partial charge >= 0.3 is 6.09 Å². The van der Waals surface area contributed by atoms with Crippen molar-refractivity contribution in [3.8, 4) is 17.2 Å². The van der Waals surface area contributed by atoms with E-state index in [-0.39, 0.29) is 39.9 Å². The van der Waals surface area contributed by atoms with Gasteiger partial charge in [-0.25, -0.2) is 18.2 Å². The van der Waals surface area contributed by atoms with Crippen LogP contribution in [-0.4, -0.2) is 89.8 Å². The first-order valence-corrected chi connectivity index (χ1v) is 17.1. The van der Waals surface area contributed by atoms with Gasteiger partial charge in [-0.15, -0.1) is 11.3 Å². The number of nitrogens with zero attached hydrogens (tertiary/aromatic N) is 3. The number of sulfonamides is 1. The smallest absolute Gasteiger partial charge is 0.408 e. The van der Waals surface area contributed by atoms with Gasteiger partial charge in [0, 0.05) is 30.0 Å². The van der Waals surface area contributed by atoms with Crippen LogP contribution in [0.1, 0.15) is 41.1 Å². The maximum absolute atomic E-state index is 14.4. The Balaban J connectivity index is 1.53. The number of aliphatic hydroxyl groups is 1. The first-order valence-electron chi connectivity index (χ1n) is 18.8. The van der Waals surface area contributed by atoms with Crippen molar-refractivity contribution in [2.75, 3.05) is 26.4 Å². The molecule has 3 aliphatic rings. The zero-order valence-corrected chi connectivity index (χ0v) is 27.7. The van der Waals surface area contributed by atoms with Crippen molar-refractivity contribution < 1.29 is 58.1 Å². The van der Waals surface area contributed by atoms with Crippen LogP contribution in [-0.2, 0) is 32.5 Å². The van der Waals surface area contributed by atoms with Crippen molar-refractivity contribution >= 4 is 27.5 Å². The summed E-state index contributed by atoms with van der Waals surface area (Å²) in [6.07, 6.45) is -8.88. The Bertz CT molecular complexity index is 2140. The molecule has 2 N–H and O–H groups in total. The predicted molar refractivity (Wildman–Crippen MR) is 174 cm³/mol. The van der Waals surface area contributed by atoms with E-state index in [0.717, 1.165) is 29.3 Å². The summed E-state index contributed by atoms with van der Waals surface area (Å²) in [4.78, 5) is 17.1.